The highest BCUT2D eigenvalue weighted by Gasteiger charge is 2.27. The molecule has 1 atom stereocenters. The van der Waals surface area contributed by atoms with Crippen molar-refractivity contribution in [3.05, 3.63) is 70.2 Å². The van der Waals surface area contributed by atoms with Crippen LogP contribution in [0.2, 0.25) is 5.02 Å². The molecule has 28 heavy (non-hydrogen) atoms. The summed E-state index contributed by atoms with van der Waals surface area (Å²) < 4.78 is 0. The molecule has 1 heterocycles. The zero-order valence-electron chi connectivity index (χ0n) is 16.7. The quantitative estimate of drug-likeness (QED) is 0.641. The van der Waals surface area contributed by atoms with Gasteiger partial charge in [0.2, 0.25) is 5.91 Å². The molecule has 0 saturated heterocycles. The van der Waals surface area contributed by atoms with E-state index < -0.39 is 0 Å². The van der Waals surface area contributed by atoms with Crippen LogP contribution in [0.3, 0.4) is 0 Å². The van der Waals surface area contributed by atoms with Crippen molar-refractivity contribution in [2.24, 2.45) is 11.1 Å². The summed E-state index contributed by atoms with van der Waals surface area (Å²) in [6.45, 7) is 7.22. The summed E-state index contributed by atoms with van der Waals surface area (Å²) in [6, 6.07) is 15.8. The van der Waals surface area contributed by atoms with Crippen LogP contribution in [-0.4, -0.2) is 29.2 Å². The van der Waals surface area contributed by atoms with Gasteiger partial charge in [0.1, 0.15) is 0 Å². The van der Waals surface area contributed by atoms with Gasteiger partial charge in [-0.2, -0.15) is 0 Å². The fraction of sp³-hybridized carbons (Fsp3) is 0.391. The van der Waals surface area contributed by atoms with E-state index in [2.05, 4.69) is 38.1 Å². The predicted octanol–water partition coefficient (Wildman–Crippen LogP) is 5.22. The first-order valence-electron chi connectivity index (χ1n) is 9.73. The Morgan fingerprint density at radius 3 is 2.75 bits per heavy atom. The maximum absolute atomic E-state index is 12.8. The molecule has 1 aliphatic heterocycles. The van der Waals surface area contributed by atoms with E-state index in [1.54, 1.807) is 0 Å². The summed E-state index contributed by atoms with van der Waals surface area (Å²) in [4.78, 5) is 20.4. The average Bonchev–Trinajstić information content (AvgIpc) is 3.09. The van der Waals surface area contributed by atoms with Crippen LogP contribution < -0.4 is 0 Å². The second-order valence-corrected chi connectivity index (χ2v) is 8.22. The number of benzene rings is 2. The van der Waals surface area contributed by atoms with E-state index in [1.165, 1.54) is 5.56 Å². The lowest BCUT2D eigenvalue weighted by molar-refractivity contribution is -0.134. The molecule has 0 N–H and O–H groups in total. The summed E-state index contributed by atoms with van der Waals surface area (Å²) in [7, 11) is 0. The van der Waals surface area contributed by atoms with Gasteiger partial charge in [-0.25, -0.2) is 0 Å². The summed E-state index contributed by atoms with van der Waals surface area (Å²) in [5, 5.41) is 4.98. The van der Waals surface area contributed by atoms with Gasteiger partial charge >= 0.3 is 0 Å². The Labute approximate surface area is 172 Å². The van der Waals surface area contributed by atoms with Gasteiger partial charge < -0.3 is 9.74 Å². The van der Waals surface area contributed by atoms with Crippen molar-refractivity contribution in [3.8, 4) is 0 Å². The Balaban J connectivity index is 1.69. The molecular formula is C23H27ClN2O2. The van der Waals surface area contributed by atoms with E-state index in [0.29, 0.717) is 36.9 Å². The lowest BCUT2D eigenvalue weighted by Gasteiger charge is -2.26. The second-order valence-electron chi connectivity index (χ2n) is 7.79. The van der Waals surface area contributed by atoms with Crippen LogP contribution >= 0.6 is 11.6 Å². The fourth-order valence-electron chi connectivity index (χ4n) is 3.42. The highest BCUT2D eigenvalue weighted by molar-refractivity contribution is 6.30. The molecule has 0 spiro atoms. The molecule has 0 fully saturated rings. The molecule has 0 radical (unpaired) electrons. The molecule has 5 heteroatoms. The van der Waals surface area contributed by atoms with E-state index in [-0.39, 0.29) is 12.0 Å². The topological polar surface area (TPSA) is 41.9 Å². The van der Waals surface area contributed by atoms with Crippen LogP contribution in [0.4, 0.5) is 0 Å². The van der Waals surface area contributed by atoms with Crippen molar-refractivity contribution >= 4 is 23.2 Å². The number of carbonyl (C=O) groups is 1. The third kappa shape index (κ3) is 5.35. The monoisotopic (exact) mass is 398 g/mol. The van der Waals surface area contributed by atoms with Gasteiger partial charge in [0.15, 0.2) is 6.10 Å². The Morgan fingerprint density at radius 2 is 2.04 bits per heavy atom. The smallest absolute Gasteiger partial charge is 0.223 e. The average molecular weight is 399 g/mol. The number of oxime groups is 1. The zero-order valence-corrected chi connectivity index (χ0v) is 17.4. The Bertz CT molecular complexity index is 863. The molecule has 2 aromatic rings. The molecule has 148 valence electrons. The van der Waals surface area contributed by atoms with E-state index >= 15 is 0 Å². The summed E-state index contributed by atoms with van der Waals surface area (Å²) in [5.41, 5.74) is 4.25. The minimum absolute atomic E-state index is 0.128. The molecule has 1 amide bonds. The Morgan fingerprint density at radius 1 is 1.25 bits per heavy atom. The summed E-state index contributed by atoms with van der Waals surface area (Å²) in [6.07, 6.45) is 1.08. The molecule has 1 aliphatic rings. The van der Waals surface area contributed by atoms with Crippen molar-refractivity contribution < 1.29 is 9.63 Å². The van der Waals surface area contributed by atoms with Crippen molar-refractivity contribution in [2.45, 2.75) is 46.3 Å². The van der Waals surface area contributed by atoms with Crippen LogP contribution in [0, 0.1) is 12.8 Å². The molecule has 2 aromatic carbocycles. The lowest BCUT2D eigenvalue weighted by Crippen LogP contribution is -2.37. The third-order valence-corrected chi connectivity index (χ3v) is 5.05. The maximum Gasteiger partial charge on any atom is 0.223 e. The number of hydrogen-bond donors (Lipinski definition) is 0. The maximum atomic E-state index is 12.8. The molecule has 0 aromatic heterocycles. The van der Waals surface area contributed by atoms with Crippen molar-refractivity contribution in [1.29, 1.82) is 0 Å². The largest absolute Gasteiger partial charge is 0.390 e. The van der Waals surface area contributed by atoms with E-state index in [4.69, 9.17) is 16.4 Å². The number of hydrogen-bond acceptors (Lipinski definition) is 3. The second kappa shape index (κ2) is 9.24. The molecule has 3 rings (SSSR count). The lowest BCUT2D eigenvalue weighted by atomic mass is 10.00. The number of halogens is 1. The van der Waals surface area contributed by atoms with Gasteiger partial charge in [-0.15, -0.1) is 0 Å². The standard InChI is InChI=1S/C23H27ClN2O2/c1-16(2)11-23(27)26(14-18-8-6-9-19(24)12-18)15-20-13-22(25-28-20)21-10-5-4-7-17(21)3/h4-10,12,16,20H,11,13-15H2,1-3H3. The van der Waals surface area contributed by atoms with Crippen LogP contribution in [0.25, 0.3) is 0 Å². The Hall–Kier alpha value is -2.33. The highest BCUT2D eigenvalue weighted by Crippen LogP contribution is 2.22. The SMILES string of the molecule is Cc1ccccc1C1=NOC(CN(Cc2cccc(Cl)c2)C(=O)CC(C)C)C1. The predicted molar refractivity (Wildman–Crippen MR) is 114 cm³/mol. The molecule has 0 bridgehead atoms. The first-order valence-corrected chi connectivity index (χ1v) is 10.1. The van der Waals surface area contributed by atoms with Crippen LogP contribution in [0.5, 0.6) is 0 Å². The molecule has 0 aliphatic carbocycles. The van der Waals surface area contributed by atoms with E-state index in [1.807, 2.05) is 41.3 Å². The number of nitrogens with zero attached hydrogens (tertiary/aromatic N) is 2. The fourth-order valence-corrected chi connectivity index (χ4v) is 3.63. The minimum Gasteiger partial charge on any atom is -0.390 e. The number of carbonyl (C=O) groups excluding carboxylic acids is 1. The minimum atomic E-state index is -0.134. The van der Waals surface area contributed by atoms with Gasteiger partial charge in [0.05, 0.1) is 12.3 Å². The molecule has 4 nitrogen and oxygen atoms in total. The van der Waals surface area contributed by atoms with E-state index in [0.717, 1.165) is 16.8 Å². The number of rotatable bonds is 7. The molecule has 1 unspecified atom stereocenters. The van der Waals surface area contributed by atoms with Crippen LogP contribution in [-0.2, 0) is 16.2 Å². The highest BCUT2D eigenvalue weighted by atomic mass is 35.5. The van der Waals surface area contributed by atoms with Gasteiger partial charge in [0.25, 0.3) is 0 Å². The summed E-state index contributed by atoms with van der Waals surface area (Å²) in [5.74, 6) is 0.431. The first kappa shape index (κ1) is 20.4. The number of aryl methyl sites for hydroxylation is 1. The van der Waals surface area contributed by atoms with Crippen molar-refractivity contribution in [3.63, 3.8) is 0 Å². The van der Waals surface area contributed by atoms with Gasteiger partial charge in [-0.3, -0.25) is 4.79 Å². The van der Waals surface area contributed by atoms with Gasteiger partial charge in [0, 0.05) is 30.0 Å². The van der Waals surface area contributed by atoms with Crippen LogP contribution in [0.15, 0.2) is 53.7 Å². The van der Waals surface area contributed by atoms with Gasteiger partial charge in [-0.05, 0) is 36.1 Å². The summed E-state index contributed by atoms with van der Waals surface area (Å²) >= 11 is 6.12. The molecular weight excluding hydrogens is 372 g/mol. The Kier molecular flexibility index (Phi) is 6.74. The van der Waals surface area contributed by atoms with Crippen LogP contribution in [0.1, 0.15) is 43.4 Å². The van der Waals surface area contributed by atoms with Gasteiger partial charge in [-0.1, -0.05) is 67.0 Å². The van der Waals surface area contributed by atoms with Crippen molar-refractivity contribution in [2.75, 3.05) is 6.54 Å². The van der Waals surface area contributed by atoms with E-state index in [9.17, 15) is 4.79 Å². The third-order valence-electron chi connectivity index (χ3n) is 4.81. The number of amides is 1. The molecule has 0 saturated carbocycles. The first-order chi connectivity index (χ1) is 13.4. The normalized spacial score (nSPS) is 16.0. The zero-order chi connectivity index (χ0) is 20.1. The van der Waals surface area contributed by atoms with Crippen molar-refractivity contribution in [1.82, 2.24) is 4.90 Å².